The first kappa shape index (κ1) is 18.8. The van der Waals surface area contributed by atoms with Crippen LogP contribution in [0.25, 0.3) is 6.08 Å². The van der Waals surface area contributed by atoms with Gasteiger partial charge in [-0.2, -0.15) is 5.26 Å². The Morgan fingerprint density at radius 1 is 1.15 bits per heavy atom. The van der Waals surface area contributed by atoms with Crippen molar-refractivity contribution in [3.05, 3.63) is 71.3 Å². The fraction of sp³-hybridized carbons (Fsp3) is 0.190. The molecule has 1 saturated heterocycles. The average molecular weight is 378 g/mol. The minimum Gasteiger partial charge on any atom is -0.422 e. The fourth-order valence-electron chi connectivity index (χ4n) is 2.66. The van der Waals surface area contributed by atoms with Crippen molar-refractivity contribution in [1.29, 1.82) is 5.26 Å². The molecule has 0 unspecified atom stereocenters. The summed E-state index contributed by atoms with van der Waals surface area (Å²) in [6.07, 6.45) is 1.50. The average Bonchev–Trinajstić information content (AvgIpc) is 2.73. The molecular formula is C21H18N2O3S. The quantitative estimate of drug-likeness (QED) is 0.268. The summed E-state index contributed by atoms with van der Waals surface area (Å²) in [7, 11) is 0. The van der Waals surface area contributed by atoms with E-state index in [2.05, 4.69) is 4.90 Å². The van der Waals surface area contributed by atoms with Gasteiger partial charge in [0.2, 0.25) is 0 Å². The summed E-state index contributed by atoms with van der Waals surface area (Å²) in [5, 5.41) is 9.29. The molecule has 0 spiro atoms. The van der Waals surface area contributed by atoms with Gasteiger partial charge in [-0.15, -0.1) is 0 Å². The molecule has 0 saturated carbocycles. The van der Waals surface area contributed by atoms with Crippen molar-refractivity contribution < 1.29 is 14.3 Å². The van der Waals surface area contributed by atoms with Gasteiger partial charge in [-0.1, -0.05) is 54.7 Å². The van der Waals surface area contributed by atoms with Crippen LogP contribution in [0.1, 0.15) is 11.1 Å². The molecule has 136 valence electrons. The predicted octanol–water partition coefficient (Wildman–Crippen LogP) is 3.21. The third kappa shape index (κ3) is 5.00. The van der Waals surface area contributed by atoms with E-state index in [4.69, 9.17) is 21.7 Å². The van der Waals surface area contributed by atoms with E-state index in [1.165, 1.54) is 6.08 Å². The van der Waals surface area contributed by atoms with Gasteiger partial charge in [-0.05, 0) is 23.8 Å². The minimum absolute atomic E-state index is 0.0673. The summed E-state index contributed by atoms with van der Waals surface area (Å²) in [6.45, 7) is 2.76. The maximum Gasteiger partial charge on any atom is 0.354 e. The number of morpholine rings is 1. The topological polar surface area (TPSA) is 62.6 Å². The number of nitriles is 1. The maximum atomic E-state index is 12.4. The lowest BCUT2D eigenvalue weighted by atomic mass is 10.1. The molecule has 0 aromatic heterocycles. The van der Waals surface area contributed by atoms with E-state index < -0.39 is 5.97 Å². The molecule has 1 heterocycles. The highest BCUT2D eigenvalue weighted by molar-refractivity contribution is 7.80. The molecule has 1 fully saturated rings. The molecule has 1 aliphatic rings. The summed E-state index contributed by atoms with van der Waals surface area (Å²) >= 11 is 5.54. The zero-order chi connectivity index (χ0) is 19.1. The number of esters is 1. The van der Waals surface area contributed by atoms with Crippen LogP contribution in [0.3, 0.4) is 0 Å². The second kappa shape index (κ2) is 9.08. The highest BCUT2D eigenvalue weighted by Crippen LogP contribution is 2.18. The third-order valence-corrected chi connectivity index (χ3v) is 4.53. The zero-order valence-electron chi connectivity index (χ0n) is 14.6. The largest absolute Gasteiger partial charge is 0.422 e. The molecule has 2 aromatic rings. The lowest BCUT2D eigenvalue weighted by molar-refractivity contribution is -0.129. The second-order valence-electron chi connectivity index (χ2n) is 5.90. The Morgan fingerprint density at radius 2 is 1.89 bits per heavy atom. The monoisotopic (exact) mass is 378 g/mol. The zero-order valence-corrected chi connectivity index (χ0v) is 15.4. The van der Waals surface area contributed by atoms with Crippen LogP contribution in [0, 0.1) is 11.3 Å². The molecule has 1 aliphatic heterocycles. The number of carbonyl (C=O) groups excluding carboxylic acids is 1. The smallest absolute Gasteiger partial charge is 0.354 e. The van der Waals surface area contributed by atoms with Gasteiger partial charge in [0, 0.05) is 18.7 Å². The van der Waals surface area contributed by atoms with Crippen LogP contribution in [-0.4, -0.2) is 42.2 Å². The Labute approximate surface area is 163 Å². The Kier molecular flexibility index (Phi) is 6.31. The molecule has 27 heavy (non-hydrogen) atoms. The normalized spacial score (nSPS) is 14.3. The van der Waals surface area contributed by atoms with Gasteiger partial charge in [-0.25, -0.2) is 4.79 Å². The van der Waals surface area contributed by atoms with Crippen LogP contribution in [-0.2, 0) is 9.53 Å². The van der Waals surface area contributed by atoms with Gasteiger partial charge in [-0.3, -0.25) is 0 Å². The summed E-state index contributed by atoms with van der Waals surface area (Å²) < 4.78 is 10.7. The number of ether oxygens (including phenoxy) is 2. The Hall–Kier alpha value is -3.01. The number of thiocarbonyl (C=S) groups is 1. The highest BCUT2D eigenvalue weighted by atomic mass is 32.1. The summed E-state index contributed by atoms with van der Waals surface area (Å²) in [6, 6.07) is 18.1. The van der Waals surface area contributed by atoms with Crippen LogP contribution in [0.5, 0.6) is 5.75 Å². The summed E-state index contributed by atoms with van der Waals surface area (Å²) in [5.41, 5.74) is 1.48. The van der Waals surface area contributed by atoms with Crippen LogP contribution < -0.4 is 4.74 Å². The van der Waals surface area contributed by atoms with Crippen molar-refractivity contribution >= 4 is 29.3 Å². The van der Waals surface area contributed by atoms with Crippen LogP contribution in [0.2, 0.25) is 0 Å². The van der Waals surface area contributed by atoms with E-state index in [0.717, 1.165) is 24.2 Å². The van der Waals surface area contributed by atoms with Crippen molar-refractivity contribution in [3.63, 3.8) is 0 Å². The van der Waals surface area contributed by atoms with Gasteiger partial charge >= 0.3 is 5.97 Å². The molecule has 0 aliphatic carbocycles. The van der Waals surface area contributed by atoms with Crippen molar-refractivity contribution in [2.75, 3.05) is 26.3 Å². The Morgan fingerprint density at radius 3 is 2.59 bits per heavy atom. The molecule has 0 N–H and O–H groups in total. The Balaban J connectivity index is 1.73. The number of carbonyl (C=O) groups is 1. The molecule has 2 aromatic carbocycles. The van der Waals surface area contributed by atoms with E-state index in [-0.39, 0.29) is 5.57 Å². The first-order valence-electron chi connectivity index (χ1n) is 8.53. The molecule has 0 amide bonds. The van der Waals surface area contributed by atoms with E-state index >= 15 is 0 Å². The van der Waals surface area contributed by atoms with Crippen LogP contribution in [0.15, 0.2) is 60.2 Å². The van der Waals surface area contributed by atoms with Gasteiger partial charge in [0.05, 0.1) is 13.2 Å². The summed E-state index contributed by atoms with van der Waals surface area (Å²) in [4.78, 5) is 15.1. The van der Waals surface area contributed by atoms with Crippen molar-refractivity contribution in [1.82, 2.24) is 4.90 Å². The second-order valence-corrected chi connectivity index (χ2v) is 6.29. The van der Waals surface area contributed by atoms with Gasteiger partial charge in [0.15, 0.2) is 0 Å². The SMILES string of the molecule is N#C/C(=C/c1ccccc1)C(=O)Oc1cccc(C(=S)N2CCOCC2)c1. The number of nitrogens with zero attached hydrogens (tertiary/aromatic N) is 2. The number of rotatable bonds is 4. The molecule has 0 bridgehead atoms. The van der Waals surface area contributed by atoms with Crippen LogP contribution in [0.4, 0.5) is 0 Å². The number of benzene rings is 2. The maximum absolute atomic E-state index is 12.4. The van der Waals surface area contributed by atoms with Crippen molar-refractivity contribution in [2.45, 2.75) is 0 Å². The summed E-state index contributed by atoms with van der Waals surface area (Å²) in [5.74, 6) is -0.349. The predicted molar refractivity (Wildman–Crippen MR) is 106 cm³/mol. The number of hydrogen-bond acceptors (Lipinski definition) is 5. The third-order valence-electron chi connectivity index (χ3n) is 4.04. The van der Waals surface area contributed by atoms with E-state index in [0.29, 0.717) is 24.0 Å². The van der Waals surface area contributed by atoms with Crippen molar-refractivity contribution in [3.8, 4) is 11.8 Å². The minimum atomic E-state index is -0.698. The molecule has 3 rings (SSSR count). The molecule has 6 heteroatoms. The molecular weight excluding hydrogens is 360 g/mol. The van der Waals surface area contributed by atoms with Gasteiger partial charge in [0.1, 0.15) is 22.4 Å². The molecule has 5 nitrogen and oxygen atoms in total. The Bertz CT molecular complexity index is 897. The van der Waals surface area contributed by atoms with Crippen LogP contribution >= 0.6 is 12.2 Å². The van der Waals surface area contributed by atoms with Gasteiger partial charge < -0.3 is 14.4 Å². The van der Waals surface area contributed by atoms with Crippen molar-refractivity contribution in [2.24, 2.45) is 0 Å². The van der Waals surface area contributed by atoms with E-state index in [1.54, 1.807) is 18.2 Å². The van der Waals surface area contributed by atoms with E-state index in [1.807, 2.05) is 42.5 Å². The molecule has 0 atom stereocenters. The lowest BCUT2D eigenvalue weighted by Gasteiger charge is -2.29. The standard InChI is InChI=1S/C21H18N2O3S/c22-15-18(13-16-5-2-1-3-6-16)21(24)26-19-8-4-7-17(14-19)20(27)23-9-11-25-12-10-23/h1-8,13-14H,9-12H2/b18-13-. The fourth-order valence-corrected chi connectivity index (χ4v) is 2.97. The first-order chi connectivity index (χ1) is 13.2. The molecule has 0 radical (unpaired) electrons. The first-order valence-corrected chi connectivity index (χ1v) is 8.94. The van der Waals surface area contributed by atoms with E-state index in [9.17, 15) is 10.1 Å². The van der Waals surface area contributed by atoms with Gasteiger partial charge in [0.25, 0.3) is 0 Å². The number of hydrogen-bond donors (Lipinski definition) is 0. The highest BCUT2D eigenvalue weighted by Gasteiger charge is 2.17. The lowest BCUT2D eigenvalue weighted by Crippen LogP contribution is -2.40.